The third-order valence-corrected chi connectivity index (χ3v) is 6.70. The highest BCUT2D eigenvalue weighted by Crippen LogP contribution is 2.32. The predicted octanol–water partition coefficient (Wildman–Crippen LogP) is 3.76. The molecule has 0 aliphatic carbocycles. The Morgan fingerprint density at radius 1 is 1.02 bits per heavy atom. The molecule has 4 heterocycles. The smallest absolute Gasteiger partial charge is 0.417 e. The van der Waals surface area contributed by atoms with E-state index in [0.29, 0.717) is 30.4 Å². The van der Waals surface area contributed by atoms with Crippen LogP contribution in [0.25, 0.3) is 11.0 Å². The summed E-state index contributed by atoms with van der Waals surface area (Å²) in [5.41, 5.74) is 1.55. The van der Waals surface area contributed by atoms with E-state index in [9.17, 15) is 27.6 Å². The lowest BCUT2D eigenvalue weighted by Crippen LogP contribution is -2.36. The zero-order chi connectivity index (χ0) is 28.8. The molecule has 40 heavy (non-hydrogen) atoms. The van der Waals surface area contributed by atoms with Crippen LogP contribution < -0.4 is 5.32 Å². The van der Waals surface area contributed by atoms with Gasteiger partial charge >= 0.3 is 12.3 Å². The van der Waals surface area contributed by atoms with Gasteiger partial charge in [-0.25, -0.2) is 4.79 Å². The first-order valence-electron chi connectivity index (χ1n) is 12.4. The molecule has 0 bridgehead atoms. The van der Waals surface area contributed by atoms with Crippen LogP contribution in [0.4, 0.5) is 23.7 Å². The van der Waals surface area contributed by atoms with Crippen molar-refractivity contribution >= 4 is 34.6 Å². The van der Waals surface area contributed by atoms with Gasteiger partial charge < -0.3 is 19.9 Å². The highest BCUT2D eigenvalue weighted by Gasteiger charge is 2.36. The van der Waals surface area contributed by atoms with Gasteiger partial charge in [0.2, 0.25) is 5.91 Å². The summed E-state index contributed by atoms with van der Waals surface area (Å²) >= 11 is 0. The molecule has 210 valence electrons. The molecular weight excluding hydrogens is 531 g/mol. The number of ether oxygens (including phenoxy) is 1. The summed E-state index contributed by atoms with van der Waals surface area (Å²) in [6.45, 7) is 5.65. The van der Waals surface area contributed by atoms with Crippen LogP contribution in [0, 0.1) is 5.41 Å². The summed E-state index contributed by atoms with van der Waals surface area (Å²) in [4.78, 5) is 45.2. The summed E-state index contributed by atoms with van der Waals surface area (Å²) in [5.74, 6) is -0.673. The number of anilines is 1. The molecule has 0 saturated heterocycles. The number of alkyl halides is 3. The van der Waals surface area contributed by atoms with Crippen LogP contribution in [0.15, 0.2) is 41.6 Å². The van der Waals surface area contributed by atoms with Crippen LogP contribution in [-0.4, -0.2) is 74.3 Å². The number of aromatic nitrogens is 4. The second kappa shape index (κ2) is 9.92. The molecular formula is C26H26F3N7O4. The molecule has 2 aliphatic heterocycles. The molecule has 2 N–H and O–H groups in total. The molecule has 2 aromatic heterocycles. The fourth-order valence-corrected chi connectivity index (χ4v) is 4.41. The van der Waals surface area contributed by atoms with Crippen molar-refractivity contribution in [3.63, 3.8) is 0 Å². The summed E-state index contributed by atoms with van der Waals surface area (Å²) in [5, 5.41) is 12.9. The number of aromatic amines is 1. The average Bonchev–Trinajstić information content (AvgIpc) is 3.60. The molecule has 1 aromatic carbocycles. The van der Waals surface area contributed by atoms with E-state index in [1.807, 2.05) is 0 Å². The van der Waals surface area contributed by atoms with E-state index in [0.717, 1.165) is 22.7 Å². The number of hydrogen-bond acceptors (Lipinski definition) is 7. The lowest BCUT2D eigenvalue weighted by Gasteiger charge is -2.23. The van der Waals surface area contributed by atoms with Crippen molar-refractivity contribution in [3.05, 3.63) is 58.4 Å². The van der Waals surface area contributed by atoms with E-state index < -0.39 is 35.8 Å². The van der Waals surface area contributed by atoms with Crippen LogP contribution in [0.1, 0.15) is 42.4 Å². The lowest BCUT2D eigenvalue weighted by atomic mass is 9.95. The lowest BCUT2D eigenvalue weighted by molar-refractivity contribution is -0.137. The molecule has 3 aromatic rings. The Hall–Kier alpha value is -4.49. The number of H-pyrrole nitrogens is 1. The number of amides is 3. The minimum atomic E-state index is -4.66. The van der Waals surface area contributed by atoms with E-state index in [1.54, 1.807) is 43.9 Å². The second-order valence-electron chi connectivity index (χ2n) is 10.7. The number of halogens is 3. The molecule has 5 rings (SSSR count). The third-order valence-electron chi connectivity index (χ3n) is 6.70. The fraction of sp³-hybridized carbons (Fsp3) is 0.385. The van der Waals surface area contributed by atoms with Crippen LogP contribution in [-0.2, 0) is 22.3 Å². The van der Waals surface area contributed by atoms with E-state index >= 15 is 0 Å². The summed E-state index contributed by atoms with van der Waals surface area (Å²) in [6.07, 6.45) is -4.71. The minimum absolute atomic E-state index is 0.0144. The standard InChI is InChI=1S/C26H26F3N7O4/c1-25(2,3)23(38)31-19-7-17(26(27,28)29)8-30-21(19)13-40-24(39)36-11-15-9-35(10-16(15)12-36)22(37)14-4-5-18-20(6-14)33-34-32-18/h4-8H,9-13H2,1-3H3,(H,31,38)(H,32,33,34). The Morgan fingerprint density at radius 3 is 2.35 bits per heavy atom. The minimum Gasteiger partial charge on any atom is -0.443 e. The molecule has 0 atom stereocenters. The van der Waals surface area contributed by atoms with Crippen molar-refractivity contribution in [1.29, 1.82) is 0 Å². The van der Waals surface area contributed by atoms with Crippen molar-refractivity contribution in [1.82, 2.24) is 30.2 Å². The molecule has 0 saturated carbocycles. The van der Waals surface area contributed by atoms with Gasteiger partial charge in [-0.05, 0) is 35.4 Å². The van der Waals surface area contributed by atoms with E-state index in [-0.39, 0.29) is 30.4 Å². The second-order valence-corrected chi connectivity index (χ2v) is 10.7. The Kier molecular flexibility index (Phi) is 6.72. The van der Waals surface area contributed by atoms with Gasteiger partial charge in [0, 0.05) is 43.4 Å². The zero-order valence-electron chi connectivity index (χ0n) is 21.9. The molecule has 11 nitrogen and oxygen atoms in total. The van der Waals surface area contributed by atoms with Crippen molar-refractivity contribution in [2.75, 3.05) is 31.5 Å². The van der Waals surface area contributed by atoms with Crippen molar-refractivity contribution in [2.24, 2.45) is 5.41 Å². The van der Waals surface area contributed by atoms with Gasteiger partial charge in [0.15, 0.2) is 0 Å². The number of hydrogen-bond donors (Lipinski definition) is 2. The average molecular weight is 558 g/mol. The maximum atomic E-state index is 13.2. The third kappa shape index (κ3) is 5.46. The van der Waals surface area contributed by atoms with Gasteiger partial charge in [-0.2, -0.15) is 13.2 Å². The number of rotatable bonds is 4. The Morgan fingerprint density at radius 2 is 1.70 bits per heavy atom. The number of carbonyl (C=O) groups is 3. The van der Waals surface area contributed by atoms with Crippen molar-refractivity contribution in [3.8, 4) is 0 Å². The molecule has 14 heteroatoms. The quantitative estimate of drug-likeness (QED) is 0.467. The number of nitrogens with one attached hydrogen (secondary N) is 2. The maximum Gasteiger partial charge on any atom is 0.417 e. The summed E-state index contributed by atoms with van der Waals surface area (Å²) in [7, 11) is 0. The Bertz CT molecular complexity index is 1520. The SMILES string of the molecule is CC(C)(C)C(=O)Nc1cc(C(F)(F)F)cnc1COC(=O)N1CC2=C(C1)CN(C(=O)c1ccc3[nH]nnc3c1)C2. The van der Waals surface area contributed by atoms with Crippen LogP contribution in [0.5, 0.6) is 0 Å². The molecule has 0 unspecified atom stereocenters. The van der Waals surface area contributed by atoms with Crippen LogP contribution >= 0.6 is 0 Å². The number of fused-ring (bicyclic) bond motifs is 1. The van der Waals surface area contributed by atoms with E-state index in [2.05, 4.69) is 25.7 Å². The monoisotopic (exact) mass is 557 g/mol. The number of pyridine rings is 1. The largest absolute Gasteiger partial charge is 0.443 e. The van der Waals surface area contributed by atoms with Gasteiger partial charge in [0.05, 0.1) is 16.8 Å². The molecule has 0 radical (unpaired) electrons. The summed E-state index contributed by atoms with van der Waals surface area (Å²) < 4.78 is 45.1. The topological polar surface area (TPSA) is 133 Å². The number of benzene rings is 1. The molecule has 0 spiro atoms. The normalized spacial score (nSPS) is 15.6. The zero-order valence-corrected chi connectivity index (χ0v) is 21.9. The Labute approximate surface area is 226 Å². The fourth-order valence-electron chi connectivity index (χ4n) is 4.41. The highest BCUT2D eigenvalue weighted by molar-refractivity contribution is 5.98. The van der Waals surface area contributed by atoms with Gasteiger partial charge in [0.25, 0.3) is 5.91 Å². The Balaban J connectivity index is 1.19. The number of nitrogens with zero attached hydrogens (tertiary/aromatic N) is 5. The van der Waals surface area contributed by atoms with Gasteiger partial charge in [-0.1, -0.05) is 26.0 Å². The van der Waals surface area contributed by atoms with Crippen molar-refractivity contribution < 1.29 is 32.3 Å². The first-order chi connectivity index (χ1) is 18.8. The summed E-state index contributed by atoms with van der Waals surface area (Å²) in [6, 6.07) is 5.88. The molecule has 2 aliphatic rings. The van der Waals surface area contributed by atoms with Crippen LogP contribution in [0.2, 0.25) is 0 Å². The van der Waals surface area contributed by atoms with Crippen LogP contribution in [0.3, 0.4) is 0 Å². The van der Waals surface area contributed by atoms with Gasteiger partial charge in [-0.15, -0.1) is 5.10 Å². The molecule has 3 amide bonds. The molecule has 0 fully saturated rings. The first kappa shape index (κ1) is 27.1. The highest BCUT2D eigenvalue weighted by atomic mass is 19.4. The predicted molar refractivity (Wildman–Crippen MR) is 136 cm³/mol. The first-order valence-corrected chi connectivity index (χ1v) is 12.4. The van der Waals surface area contributed by atoms with Gasteiger partial charge in [0.1, 0.15) is 17.8 Å². The van der Waals surface area contributed by atoms with Gasteiger partial charge in [-0.3, -0.25) is 19.7 Å². The number of carbonyl (C=O) groups excluding carboxylic acids is 3. The van der Waals surface area contributed by atoms with Crippen molar-refractivity contribution in [2.45, 2.75) is 33.6 Å². The van der Waals surface area contributed by atoms with E-state index in [1.165, 1.54) is 4.90 Å². The maximum absolute atomic E-state index is 13.2. The van der Waals surface area contributed by atoms with E-state index in [4.69, 9.17) is 4.74 Å².